The number of benzene rings is 3. The summed E-state index contributed by atoms with van der Waals surface area (Å²) in [6, 6.07) is 21.6. The molecule has 0 unspecified atom stereocenters. The topological polar surface area (TPSA) is 114 Å². The van der Waals surface area contributed by atoms with Gasteiger partial charge in [0, 0.05) is 18.7 Å². The Hall–Kier alpha value is -4.53. The van der Waals surface area contributed by atoms with Crippen LogP contribution in [0.4, 0.5) is 4.79 Å². The van der Waals surface area contributed by atoms with Crippen molar-refractivity contribution in [1.29, 1.82) is 0 Å². The van der Waals surface area contributed by atoms with Crippen molar-refractivity contribution in [2.45, 2.75) is 58.0 Å². The number of nitrogens with zero attached hydrogens (tertiary/aromatic N) is 1. The molecule has 2 amide bonds. The van der Waals surface area contributed by atoms with Crippen LogP contribution in [0.2, 0.25) is 0 Å². The van der Waals surface area contributed by atoms with Crippen LogP contribution in [0.5, 0.6) is 11.5 Å². The van der Waals surface area contributed by atoms with Crippen molar-refractivity contribution >= 4 is 18.0 Å². The molecule has 1 heterocycles. The Kier molecular flexibility index (Phi) is 9.49. The van der Waals surface area contributed by atoms with E-state index in [1.54, 1.807) is 45.0 Å². The number of phenols is 1. The van der Waals surface area contributed by atoms with Crippen molar-refractivity contribution in [3.63, 3.8) is 0 Å². The second kappa shape index (κ2) is 13.2. The number of esters is 1. The Bertz CT molecular complexity index is 1340. The van der Waals surface area contributed by atoms with E-state index in [0.29, 0.717) is 30.7 Å². The molecule has 1 aliphatic heterocycles. The molecule has 0 saturated carbocycles. The van der Waals surface area contributed by atoms with Gasteiger partial charge in [-0.05, 0) is 75.6 Å². The average Bonchev–Trinajstić information content (AvgIpc) is 3.14. The van der Waals surface area contributed by atoms with Crippen molar-refractivity contribution < 1.29 is 33.7 Å². The van der Waals surface area contributed by atoms with E-state index < -0.39 is 35.7 Å². The minimum atomic E-state index is -0.724. The van der Waals surface area contributed by atoms with E-state index in [0.717, 1.165) is 5.56 Å². The Morgan fingerprint density at radius 3 is 2.34 bits per heavy atom. The predicted octanol–water partition coefficient (Wildman–Crippen LogP) is 5.33. The summed E-state index contributed by atoms with van der Waals surface area (Å²) >= 11 is 0. The minimum absolute atomic E-state index is 0.0343. The van der Waals surface area contributed by atoms with Crippen molar-refractivity contribution in [2.24, 2.45) is 0 Å². The van der Waals surface area contributed by atoms with Gasteiger partial charge in [-0.2, -0.15) is 0 Å². The predicted molar refractivity (Wildman–Crippen MR) is 153 cm³/mol. The summed E-state index contributed by atoms with van der Waals surface area (Å²) in [7, 11) is 0. The van der Waals surface area contributed by atoms with Crippen LogP contribution in [-0.2, 0) is 16.1 Å². The van der Waals surface area contributed by atoms with Crippen molar-refractivity contribution in [2.75, 3.05) is 13.1 Å². The first kappa shape index (κ1) is 29.5. The second-order valence-corrected chi connectivity index (χ2v) is 10.9. The van der Waals surface area contributed by atoms with E-state index in [9.17, 15) is 19.5 Å². The van der Waals surface area contributed by atoms with Crippen LogP contribution in [0.15, 0.2) is 78.9 Å². The van der Waals surface area contributed by atoms with E-state index in [4.69, 9.17) is 14.2 Å². The standard InChI is InChI=1S/C32H36N2O7/c1-32(2,3)41-31(38)34-19-9-14-28(26(20-34)33-29(36)23-15-17-24(35)18-16-23)40-30(37)25-12-7-8-13-27(25)39-21-22-10-5-4-6-11-22/h4-8,10-13,15-18,26,28,35H,9,14,19-21H2,1-3H3,(H,33,36)/t26-,28-/m1/s1. The van der Waals surface area contributed by atoms with Crippen molar-refractivity contribution in [3.8, 4) is 11.5 Å². The fourth-order valence-corrected chi connectivity index (χ4v) is 4.46. The molecule has 1 saturated heterocycles. The lowest BCUT2D eigenvalue weighted by Gasteiger charge is -2.30. The summed E-state index contributed by atoms with van der Waals surface area (Å²) in [5.41, 5.74) is 0.850. The zero-order valence-electron chi connectivity index (χ0n) is 23.5. The fourth-order valence-electron chi connectivity index (χ4n) is 4.46. The number of carbonyl (C=O) groups is 3. The number of phenolic OH excluding ortho intramolecular Hbond substituents is 1. The number of rotatable bonds is 7. The van der Waals surface area contributed by atoms with Crippen LogP contribution in [0.25, 0.3) is 0 Å². The van der Waals surface area contributed by atoms with Gasteiger partial charge >= 0.3 is 12.1 Å². The Morgan fingerprint density at radius 2 is 1.63 bits per heavy atom. The van der Waals surface area contributed by atoms with Crippen LogP contribution in [0.1, 0.15) is 59.9 Å². The maximum atomic E-state index is 13.5. The first-order valence-corrected chi connectivity index (χ1v) is 13.6. The first-order valence-electron chi connectivity index (χ1n) is 13.6. The molecular formula is C32H36N2O7. The molecule has 3 aromatic carbocycles. The molecular weight excluding hydrogens is 524 g/mol. The Labute approximate surface area is 240 Å². The molecule has 0 spiro atoms. The largest absolute Gasteiger partial charge is 0.508 e. The highest BCUT2D eigenvalue weighted by molar-refractivity contribution is 5.95. The second-order valence-electron chi connectivity index (χ2n) is 10.9. The Balaban J connectivity index is 1.53. The number of amides is 2. The third-order valence-electron chi connectivity index (χ3n) is 6.48. The van der Waals surface area contributed by atoms with Gasteiger partial charge in [-0.15, -0.1) is 0 Å². The zero-order valence-corrected chi connectivity index (χ0v) is 23.5. The highest BCUT2D eigenvalue weighted by atomic mass is 16.6. The normalized spacial score (nSPS) is 17.2. The van der Waals surface area contributed by atoms with Gasteiger partial charge in [-0.25, -0.2) is 9.59 Å². The molecule has 1 fully saturated rings. The van der Waals surface area contributed by atoms with Crippen molar-refractivity contribution in [3.05, 3.63) is 95.6 Å². The molecule has 4 rings (SSSR count). The molecule has 41 heavy (non-hydrogen) atoms. The molecule has 0 aliphatic carbocycles. The summed E-state index contributed by atoms with van der Waals surface area (Å²) in [6.45, 7) is 6.11. The van der Waals surface area contributed by atoms with E-state index >= 15 is 0 Å². The summed E-state index contributed by atoms with van der Waals surface area (Å²) in [6.07, 6.45) is -0.278. The molecule has 0 aromatic heterocycles. The summed E-state index contributed by atoms with van der Waals surface area (Å²) < 4.78 is 17.5. The van der Waals surface area contributed by atoms with Crippen LogP contribution in [-0.4, -0.2) is 58.8 Å². The maximum Gasteiger partial charge on any atom is 0.410 e. The third kappa shape index (κ3) is 8.48. The highest BCUT2D eigenvalue weighted by Gasteiger charge is 2.35. The number of para-hydroxylation sites is 1. The van der Waals surface area contributed by atoms with Crippen LogP contribution in [0.3, 0.4) is 0 Å². The third-order valence-corrected chi connectivity index (χ3v) is 6.48. The van der Waals surface area contributed by atoms with Crippen LogP contribution < -0.4 is 10.1 Å². The number of ether oxygens (including phenoxy) is 3. The van der Waals surface area contributed by atoms with Crippen LogP contribution in [0, 0.1) is 0 Å². The fraction of sp³-hybridized carbons (Fsp3) is 0.344. The molecule has 3 aromatic rings. The zero-order chi connectivity index (χ0) is 29.4. The monoisotopic (exact) mass is 560 g/mol. The van der Waals surface area contributed by atoms with E-state index in [1.165, 1.54) is 29.2 Å². The van der Waals surface area contributed by atoms with E-state index in [-0.39, 0.29) is 24.5 Å². The number of hydrogen-bond acceptors (Lipinski definition) is 7. The van der Waals surface area contributed by atoms with Crippen molar-refractivity contribution in [1.82, 2.24) is 10.2 Å². The summed E-state index contributed by atoms with van der Waals surface area (Å²) in [4.78, 5) is 41.0. The lowest BCUT2D eigenvalue weighted by molar-refractivity contribution is 0.0125. The molecule has 9 heteroatoms. The lowest BCUT2D eigenvalue weighted by atomic mass is 10.1. The smallest absolute Gasteiger partial charge is 0.410 e. The number of likely N-dealkylation sites (tertiary alicyclic amines) is 1. The van der Waals surface area contributed by atoms with Gasteiger partial charge in [0.15, 0.2) is 0 Å². The average molecular weight is 561 g/mol. The molecule has 216 valence electrons. The number of hydrogen-bond donors (Lipinski definition) is 2. The van der Waals surface area contributed by atoms with Gasteiger partial charge in [-0.3, -0.25) is 4.79 Å². The summed E-state index contributed by atoms with van der Waals surface area (Å²) in [5.74, 6) is -0.593. The van der Waals surface area contributed by atoms with Gasteiger partial charge in [0.1, 0.15) is 35.4 Å². The van der Waals surface area contributed by atoms with Crippen LogP contribution >= 0.6 is 0 Å². The highest BCUT2D eigenvalue weighted by Crippen LogP contribution is 2.24. The number of aromatic hydroxyl groups is 1. The molecule has 0 radical (unpaired) electrons. The Morgan fingerprint density at radius 1 is 0.951 bits per heavy atom. The van der Waals surface area contributed by atoms with E-state index in [2.05, 4.69) is 5.32 Å². The number of nitrogens with one attached hydrogen (secondary N) is 1. The molecule has 2 atom stereocenters. The molecule has 1 aliphatic rings. The lowest BCUT2D eigenvalue weighted by Crippen LogP contribution is -2.51. The maximum absolute atomic E-state index is 13.5. The first-order chi connectivity index (χ1) is 19.6. The molecule has 9 nitrogen and oxygen atoms in total. The van der Waals surface area contributed by atoms with Gasteiger partial charge in [0.2, 0.25) is 0 Å². The van der Waals surface area contributed by atoms with E-state index in [1.807, 2.05) is 30.3 Å². The molecule has 2 N–H and O–H groups in total. The van der Waals surface area contributed by atoms with Gasteiger partial charge in [-0.1, -0.05) is 42.5 Å². The number of carbonyl (C=O) groups excluding carboxylic acids is 3. The van der Waals surface area contributed by atoms with Gasteiger partial charge in [0.05, 0.1) is 6.04 Å². The summed E-state index contributed by atoms with van der Waals surface area (Å²) in [5, 5.41) is 12.5. The van der Waals surface area contributed by atoms with Gasteiger partial charge in [0.25, 0.3) is 5.91 Å². The quantitative estimate of drug-likeness (QED) is 0.376. The molecule has 0 bridgehead atoms. The minimum Gasteiger partial charge on any atom is -0.508 e. The SMILES string of the molecule is CC(C)(C)OC(=O)N1CCC[C@@H](OC(=O)c2ccccc2OCc2ccccc2)[C@H](NC(=O)c2ccc(O)cc2)C1. The van der Waals surface area contributed by atoms with Gasteiger partial charge < -0.3 is 29.5 Å².